The van der Waals surface area contributed by atoms with Gasteiger partial charge in [-0.1, -0.05) is 24.3 Å². The third-order valence-corrected chi connectivity index (χ3v) is 4.56. The van der Waals surface area contributed by atoms with E-state index in [0.29, 0.717) is 17.6 Å². The number of halogens is 1. The summed E-state index contributed by atoms with van der Waals surface area (Å²) in [5, 5.41) is 2.17. The molecule has 1 aliphatic rings. The van der Waals surface area contributed by atoms with Gasteiger partial charge in [-0.3, -0.25) is 4.98 Å². The summed E-state index contributed by atoms with van der Waals surface area (Å²) < 4.78 is 0.828. The Morgan fingerprint density at radius 3 is 2.71 bits per heavy atom. The number of benzene rings is 1. The van der Waals surface area contributed by atoms with Gasteiger partial charge in [0.15, 0.2) is 5.82 Å². The van der Waals surface area contributed by atoms with Crippen LogP contribution in [0.25, 0.3) is 22.3 Å². The molecule has 0 aliphatic heterocycles. The summed E-state index contributed by atoms with van der Waals surface area (Å²) in [6.07, 6.45) is 4.12. The molecular weight excluding hydrogens is 328 g/mol. The van der Waals surface area contributed by atoms with Gasteiger partial charge in [-0.05, 0) is 40.2 Å². The Morgan fingerprint density at radius 2 is 1.90 bits per heavy atom. The lowest BCUT2D eigenvalue weighted by molar-refractivity contribution is 0.980. The molecule has 21 heavy (non-hydrogen) atoms. The fourth-order valence-electron chi connectivity index (χ4n) is 2.51. The third-order valence-electron chi connectivity index (χ3n) is 3.75. The number of hydrogen-bond donors (Lipinski definition) is 1. The number of anilines is 1. The van der Waals surface area contributed by atoms with Gasteiger partial charge in [0.1, 0.15) is 11.5 Å². The van der Waals surface area contributed by atoms with E-state index in [4.69, 9.17) is 10.7 Å². The van der Waals surface area contributed by atoms with Gasteiger partial charge < -0.3 is 5.73 Å². The highest BCUT2D eigenvalue weighted by Gasteiger charge is 2.29. The quantitative estimate of drug-likeness (QED) is 0.767. The van der Waals surface area contributed by atoms with E-state index < -0.39 is 0 Å². The van der Waals surface area contributed by atoms with E-state index in [1.54, 1.807) is 6.20 Å². The topological polar surface area (TPSA) is 64.7 Å². The van der Waals surface area contributed by atoms with E-state index >= 15 is 0 Å². The predicted molar refractivity (Wildman–Crippen MR) is 86.9 cm³/mol. The summed E-state index contributed by atoms with van der Waals surface area (Å²) in [4.78, 5) is 13.6. The Balaban J connectivity index is 1.96. The normalized spacial score (nSPS) is 14.5. The number of fused-ring (bicyclic) bond motifs is 1. The Morgan fingerprint density at radius 1 is 1.10 bits per heavy atom. The maximum absolute atomic E-state index is 6.04. The molecule has 2 aromatic heterocycles. The van der Waals surface area contributed by atoms with Crippen molar-refractivity contribution in [2.24, 2.45) is 0 Å². The monoisotopic (exact) mass is 340 g/mol. The minimum Gasteiger partial charge on any atom is -0.383 e. The van der Waals surface area contributed by atoms with Crippen LogP contribution in [0, 0.1) is 0 Å². The van der Waals surface area contributed by atoms with Crippen LogP contribution < -0.4 is 5.73 Å². The summed E-state index contributed by atoms with van der Waals surface area (Å²) in [6.45, 7) is 0. The van der Waals surface area contributed by atoms with Crippen molar-refractivity contribution >= 4 is 32.5 Å². The van der Waals surface area contributed by atoms with Crippen LogP contribution >= 0.6 is 15.9 Å². The van der Waals surface area contributed by atoms with Gasteiger partial charge in [-0.2, -0.15) is 0 Å². The van der Waals surface area contributed by atoms with E-state index in [9.17, 15) is 0 Å². The number of aromatic nitrogens is 3. The molecule has 0 unspecified atom stereocenters. The highest BCUT2D eigenvalue weighted by Crippen LogP contribution is 2.44. The molecular formula is C16H13BrN4. The van der Waals surface area contributed by atoms with Crippen molar-refractivity contribution in [3.63, 3.8) is 0 Å². The van der Waals surface area contributed by atoms with Crippen molar-refractivity contribution in [3.8, 4) is 11.5 Å². The van der Waals surface area contributed by atoms with Gasteiger partial charge in [-0.25, -0.2) is 9.97 Å². The SMILES string of the molecule is Nc1nc(-c2nccc3ccccc23)nc(C2CC2)c1Br. The molecule has 0 atom stereocenters. The van der Waals surface area contributed by atoms with E-state index in [1.807, 2.05) is 24.3 Å². The number of nitrogens with zero attached hydrogens (tertiary/aromatic N) is 3. The van der Waals surface area contributed by atoms with Crippen molar-refractivity contribution in [1.29, 1.82) is 0 Å². The lowest BCUT2D eigenvalue weighted by atomic mass is 10.1. The minimum atomic E-state index is 0.483. The molecule has 0 amide bonds. The maximum atomic E-state index is 6.04. The van der Waals surface area contributed by atoms with Crippen molar-refractivity contribution in [3.05, 3.63) is 46.7 Å². The molecule has 4 nitrogen and oxygen atoms in total. The first kappa shape index (κ1) is 12.7. The van der Waals surface area contributed by atoms with Crippen molar-refractivity contribution in [1.82, 2.24) is 15.0 Å². The summed E-state index contributed by atoms with van der Waals surface area (Å²) in [6, 6.07) is 10.1. The largest absolute Gasteiger partial charge is 0.383 e. The number of nitrogens with two attached hydrogens (primary N) is 1. The van der Waals surface area contributed by atoms with Gasteiger partial charge in [0.05, 0.1) is 10.2 Å². The summed E-state index contributed by atoms with van der Waals surface area (Å²) in [7, 11) is 0. The standard InChI is InChI=1S/C16H13BrN4/c17-12-13(10-5-6-10)20-16(21-15(12)18)14-11-4-2-1-3-9(11)7-8-19-14/h1-4,7-8,10H,5-6H2,(H2,18,20,21). The van der Waals surface area contributed by atoms with Gasteiger partial charge in [-0.15, -0.1) is 0 Å². The van der Waals surface area contributed by atoms with Crippen LogP contribution in [-0.2, 0) is 0 Å². The molecule has 2 heterocycles. The van der Waals surface area contributed by atoms with Crippen LogP contribution in [0.3, 0.4) is 0 Å². The molecule has 3 aromatic rings. The minimum absolute atomic E-state index is 0.483. The fraction of sp³-hybridized carbons (Fsp3) is 0.188. The zero-order chi connectivity index (χ0) is 14.4. The summed E-state index contributed by atoms with van der Waals surface area (Å²) in [5.41, 5.74) is 7.84. The molecule has 5 heteroatoms. The van der Waals surface area contributed by atoms with Crippen LogP contribution in [0.1, 0.15) is 24.5 Å². The van der Waals surface area contributed by atoms with Crippen LogP contribution in [-0.4, -0.2) is 15.0 Å². The summed E-state index contributed by atoms with van der Waals surface area (Å²) in [5.74, 6) is 1.59. The number of hydrogen-bond acceptors (Lipinski definition) is 4. The van der Waals surface area contributed by atoms with Crippen molar-refractivity contribution in [2.45, 2.75) is 18.8 Å². The molecule has 4 rings (SSSR count). The first-order valence-corrected chi connectivity index (χ1v) is 7.70. The summed E-state index contributed by atoms with van der Waals surface area (Å²) >= 11 is 3.51. The Labute approximate surface area is 130 Å². The molecule has 0 radical (unpaired) electrons. The molecule has 1 aliphatic carbocycles. The van der Waals surface area contributed by atoms with Gasteiger partial charge in [0, 0.05) is 17.5 Å². The fourth-order valence-corrected chi connectivity index (χ4v) is 3.01. The third kappa shape index (κ3) is 2.17. The molecule has 0 saturated heterocycles. The molecule has 1 saturated carbocycles. The molecule has 104 valence electrons. The Kier molecular flexibility index (Phi) is 2.89. The number of rotatable bonds is 2. The highest BCUT2D eigenvalue weighted by molar-refractivity contribution is 9.10. The average Bonchev–Trinajstić information content (AvgIpc) is 3.34. The number of pyridine rings is 1. The van der Waals surface area contributed by atoms with Gasteiger partial charge in [0.2, 0.25) is 0 Å². The van der Waals surface area contributed by atoms with E-state index in [-0.39, 0.29) is 0 Å². The lowest BCUT2D eigenvalue weighted by Crippen LogP contribution is -2.03. The van der Waals surface area contributed by atoms with Crippen molar-refractivity contribution < 1.29 is 0 Å². The van der Waals surface area contributed by atoms with E-state index in [1.165, 1.54) is 0 Å². The van der Waals surface area contributed by atoms with Crippen molar-refractivity contribution in [2.75, 3.05) is 5.73 Å². The zero-order valence-electron chi connectivity index (χ0n) is 11.3. The average molecular weight is 341 g/mol. The molecule has 0 bridgehead atoms. The first-order valence-electron chi connectivity index (χ1n) is 6.91. The second-order valence-corrected chi connectivity index (χ2v) is 6.08. The van der Waals surface area contributed by atoms with Crippen LogP contribution in [0.2, 0.25) is 0 Å². The predicted octanol–water partition coefficient (Wildman–Crippen LogP) is 3.91. The van der Waals surface area contributed by atoms with Crippen LogP contribution in [0.5, 0.6) is 0 Å². The van der Waals surface area contributed by atoms with Gasteiger partial charge in [0.25, 0.3) is 0 Å². The van der Waals surface area contributed by atoms with E-state index in [0.717, 1.165) is 39.5 Å². The van der Waals surface area contributed by atoms with E-state index in [2.05, 4.69) is 32.0 Å². The molecule has 1 aromatic carbocycles. The molecule has 2 N–H and O–H groups in total. The van der Waals surface area contributed by atoms with Crippen LogP contribution in [0.4, 0.5) is 5.82 Å². The highest BCUT2D eigenvalue weighted by atomic mass is 79.9. The maximum Gasteiger partial charge on any atom is 0.181 e. The lowest BCUT2D eigenvalue weighted by Gasteiger charge is -2.09. The molecule has 1 fully saturated rings. The second kappa shape index (κ2) is 4.77. The first-order chi connectivity index (χ1) is 10.2. The number of nitrogen functional groups attached to an aromatic ring is 1. The second-order valence-electron chi connectivity index (χ2n) is 5.29. The zero-order valence-corrected chi connectivity index (χ0v) is 12.8. The molecule has 0 spiro atoms. The van der Waals surface area contributed by atoms with Gasteiger partial charge >= 0.3 is 0 Å². The smallest absolute Gasteiger partial charge is 0.181 e. The van der Waals surface area contributed by atoms with Crippen LogP contribution in [0.15, 0.2) is 41.0 Å². The Bertz CT molecular complexity index is 838. The Hall–Kier alpha value is -2.01.